The molecule has 1 aromatic heterocycles. The maximum atomic E-state index is 12.1. The molecular formula is C18H18N4O3S. The van der Waals surface area contributed by atoms with Gasteiger partial charge in [0.05, 0.1) is 13.7 Å². The highest BCUT2D eigenvalue weighted by atomic mass is 32.1. The smallest absolute Gasteiger partial charge is 0.325 e. The van der Waals surface area contributed by atoms with Crippen LogP contribution in [0.4, 0.5) is 15.6 Å². The number of carbonyl (C=O) groups excluding carboxylic acids is 1. The molecule has 3 rings (SSSR count). The van der Waals surface area contributed by atoms with Crippen molar-refractivity contribution in [3.63, 3.8) is 0 Å². The molecule has 7 nitrogen and oxygen atoms in total. The quantitative estimate of drug-likeness (QED) is 0.677. The second-order valence-electron chi connectivity index (χ2n) is 5.18. The topological polar surface area (TPSA) is 85.4 Å². The van der Waals surface area contributed by atoms with Gasteiger partial charge >= 0.3 is 6.03 Å². The molecule has 26 heavy (non-hydrogen) atoms. The highest BCUT2D eigenvalue weighted by molar-refractivity contribution is 7.18. The number of ether oxygens (including phenoxy) is 2. The van der Waals surface area contributed by atoms with Gasteiger partial charge in [-0.25, -0.2) is 4.79 Å². The number of hydrogen-bond donors (Lipinski definition) is 2. The van der Waals surface area contributed by atoms with E-state index in [0.29, 0.717) is 28.2 Å². The van der Waals surface area contributed by atoms with Crippen molar-refractivity contribution in [1.82, 2.24) is 10.2 Å². The van der Waals surface area contributed by atoms with E-state index in [0.717, 1.165) is 11.3 Å². The highest BCUT2D eigenvalue weighted by Gasteiger charge is 2.10. The van der Waals surface area contributed by atoms with Crippen molar-refractivity contribution >= 4 is 28.2 Å². The maximum absolute atomic E-state index is 12.1. The third kappa shape index (κ3) is 4.48. The summed E-state index contributed by atoms with van der Waals surface area (Å²) in [6.07, 6.45) is 0. The monoisotopic (exact) mass is 370 g/mol. The van der Waals surface area contributed by atoms with Crippen LogP contribution < -0.4 is 20.1 Å². The van der Waals surface area contributed by atoms with Gasteiger partial charge in [0, 0.05) is 17.3 Å². The average Bonchev–Trinajstić information content (AvgIpc) is 3.11. The summed E-state index contributed by atoms with van der Waals surface area (Å²) in [4.78, 5) is 12.1. The normalized spacial score (nSPS) is 10.2. The van der Waals surface area contributed by atoms with Gasteiger partial charge < -0.3 is 14.8 Å². The second-order valence-corrected chi connectivity index (χ2v) is 6.16. The number of carbonyl (C=O) groups is 1. The first kappa shape index (κ1) is 17.7. The summed E-state index contributed by atoms with van der Waals surface area (Å²) in [5.41, 5.74) is 1.53. The Morgan fingerprint density at radius 2 is 1.88 bits per heavy atom. The summed E-state index contributed by atoms with van der Waals surface area (Å²) in [5.74, 6) is 1.47. The van der Waals surface area contributed by atoms with Gasteiger partial charge in [-0.3, -0.25) is 5.32 Å². The molecule has 0 aliphatic heterocycles. The zero-order valence-corrected chi connectivity index (χ0v) is 15.2. The predicted molar refractivity (Wildman–Crippen MR) is 102 cm³/mol. The van der Waals surface area contributed by atoms with Crippen LogP contribution in [-0.4, -0.2) is 29.9 Å². The van der Waals surface area contributed by atoms with Gasteiger partial charge in [0.1, 0.15) is 16.5 Å². The van der Waals surface area contributed by atoms with E-state index in [-0.39, 0.29) is 0 Å². The SMILES string of the molecule is CCOc1ccc(-c2nnc(NC(=O)Nc3cccc(OC)c3)s2)cc1. The van der Waals surface area contributed by atoms with Crippen LogP contribution in [-0.2, 0) is 0 Å². The Morgan fingerprint density at radius 3 is 2.62 bits per heavy atom. The molecular weight excluding hydrogens is 352 g/mol. The maximum Gasteiger partial charge on any atom is 0.325 e. The Labute approximate surface area is 155 Å². The fourth-order valence-corrected chi connectivity index (χ4v) is 2.96. The molecule has 0 aliphatic carbocycles. The van der Waals surface area contributed by atoms with Crippen LogP contribution >= 0.6 is 11.3 Å². The molecule has 0 aliphatic rings. The zero-order chi connectivity index (χ0) is 18.4. The van der Waals surface area contributed by atoms with Gasteiger partial charge in [-0.2, -0.15) is 0 Å². The summed E-state index contributed by atoms with van der Waals surface area (Å²) in [6.45, 7) is 2.56. The van der Waals surface area contributed by atoms with Crippen molar-refractivity contribution in [3.8, 4) is 22.1 Å². The van der Waals surface area contributed by atoms with Crippen molar-refractivity contribution in [2.24, 2.45) is 0 Å². The Balaban J connectivity index is 1.63. The van der Waals surface area contributed by atoms with Crippen LogP contribution in [0, 0.1) is 0 Å². The van der Waals surface area contributed by atoms with Gasteiger partial charge in [-0.05, 0) is 43.3 Å². The second kappa shape index (κ2) is 8.30. The number of methoxy groups -OCH3 is 1. The lowest BCUT2D eigenvalue weighted by atomic mass is 10.2. The highest BCUT2D eigenvalue weighted by Crippen LogP contribution is 2.28. The van der Waals surface area contributed by atoms with E-state index in [2.05, 4.69) is 20.8 Å². The first-order valence-corrected chi connectivity index (χ1v) is 8.78. The van der Waals surface area contributed by atoms with Crippen LogP contribution in [0.1, 0.15) is 6.92 Å². The molecule has 0 fully saturated rings. The molecule has 0 saturated carbocycles. The molecule has 0 bridgehead atoms. The molecule has 1 heterocycles. The summed E-state index contributed by atoms with van der Waals surface area (Å²) in [7, 11) is 1.57. The lowest BCUT2D eigenvalue weighted by molar-refractivity contribution is 0.262. The first-order chi connectivity index (χ1) is 12.7. The molecule has 2 aromatic carbocycles. The summed E-state index contributed by atoms with van der Waals surface area (Å²) in [6, 6.07) is 14.3. The minimum atomic E-state index is -0.396. The number of rotatable bonds is 6. The van der Waals surface area contributed by atoms with Gasteiger partial charge in [-0.1, -0.05) is 17.4 Å². The van der Waals surface area contributed by atoms with Crippen molar-refractivity contribution in [3.05, 3.63) is 48.5 Å². The molecule has 0 radical (unpaired) electrons. The fourth-order valence-electron chi connectivity index (χ4n) is 2.21. The molecule has 134 valence electrons. The molecule has 8 heteroatoms. The van der Waals surface area contributed by atoms with Crippen LogP contribution in [0.5, 0.6) is 11.5 Å². The molecule has 0 unspecified atom stereocenters. The van der Waals surface area contributed by atoms with Crippen molar-refractivity contribution < 1.29 is 14.3 Å². The average molecular weight is 370 g/mol. The summed E-state index contributed by atoms with van der Waals surface area (Å²) in [5, 5.41) is 14.7. The van der Waals surface area contributed by atoms with E-state index in [1.807, 2.05) is 31.2 Å². The summed E-state index contributed by atoms with van der Waals surface area (Å²) >= 11 is 1.29. The van der Waals surface area contributed by atoms with Crippen molar-refractivity contribution in [2.45, 2.75) is 6.92 Å². The first-order valence-electron chi connectivity index (χ1n) is 7.96. The third-order valence-corrected chi connectivity index (χ3v) is 4.27. The summed E-state index contributed by atoms with van der Waals surface area (Å²) < 4.78 is 10.6. The van der Waals surface area contributed by atoms with Crippen LogP contribution in [0.3, 0.4) is 0 Å². The van der Waals surface area contributed by atoms with Crippen molar-refractivity contribution in [2.75, 3.05) is 24.4 Å². The van der Waals surface area contributed by atoms with Crippen LogP contribution in [0.15, 0.2) is 48.5 Å². The Morgan fingerprint density at radius 1 is 1.08 bits per heavy atom. The standard InChI is InChI=1S/C18H18N4O3S/c1-3-25-14-9-7-12(8-10-14)16-21-22-18(26-16)20-17(23)19-13-5-4-6-15(11-13)24-2/h4-11H,3H2,1-2H3,(H2,19,20,22,23). The number of urea groups is 1. The van der Waals surface area contributed by atoms with E-state index in [1.165, 1.54) is 11.3 Å². The number of aromatic nitrogens is 2. The molecule has 0 atom stereocenters. The Hall–Kier alpha value is -3.13. The zero-order valence-electron chi connectivity index (χ0n) is 14.4. The predicted octanol–water partition coefficient (Wildman–Crippen LogP) is 4.26. The number of nitrogens with one attached hydrogen (secondary N) is 2. The number of hydrogen-bond acceptors (Lipinski definition) is 6. The van der Waals surface area contributed by atoms with E-state index in [1.54, 1.807) is 31.4 Å². The van der Waals surface area contributed by atoms with Gasteiger partial charge in [0.15, 0.2) is 0 Å². The molecule has 2 amide bonds. The lowest BCUT2D eigenvalue weighted by Gasteiger charge is -2.06. The van der Waals surface area contributed by atoms with Crippen LogP contribution in [0.2, 0.25) is 0 Å². The number of nitrogens with zero attached hydrogens (tertiary/aromatic N) is 2. The molecule has 0 spiro atoms. The van der Waals surface area contributed by atoms with Crippen molar-refractivity contribution in [1.29, 1.82) is 0 Å². The third-order valence-electron chi connectivity index (χ3n) is 3.39. The van der Waals surface area contributed by atoms with Gasteiger partial charge in [-0.15, -0.1) is 10.2 Å². The van der Waals surface area contributed by atoms with Gasteiger partial charge in [0.2, 0.25) is 5.13 Å². The minimum absolute atomic E-state index is 0.396. The Kier molecular flexibility index (Phi) is 5.65. The van der Waals surface area contributed by atoms with E-state index < -0.39 is 6.03 Å². The largest absolute Gasteiger partial charge is 0.497 e. The molecule has 0 saturated heterocycles. The Bertz CT molecular complexity index is 880. The number of amides is 2. The molecule has 2 N–H and O–H groups in total. The van der Waals surface area contributed by atoms with E-state index in [9.17, 15) is 4.79 Å². The minimum Gasteiger partial charge on any atom is -0.497 e. The lowest BCUT2D eigenvalue weighted by Crippen LogP contribution is -2.19. The van der Waals surface area contributed by atoms with Gasteiger partial charge in [0.25, 0.3) is 0 Å². The molecule has 3 aromatic rings. The number of benzene rings is 2. The van der Waals surface area contributed by atoms with E-state index >= 15 is 0 Å². The number of anilines is 2. The fraction of sp³-hybridized carbons (Fsp3) is 0.167. The van der Waals surface area contributed by atoms with Crippen LogP contribution in [0.25, 0.3) is 10.6 Å². The van der Waals surface area contributed by atoms with E-state index in [4.69, 9.17) is 9.47 Å².